The summed E-state index contributed by atoms with van der Waals surface area (Å²) in [4.78, 5) is 39.4. The standard InChI is InChI=1S/C17H31N3O4/c1-5-6-8-14(21)19-9-7-10-20(12-11-19)15(22)13-18-16(23)24-17(2,3)4/h5-13H2,1-4H3,(H,18,23). The van der Waals surface area contributed by atoms with Gasteiger partial charge in [-0.05, 0) is 33.6 Å². The van der Waals surface area contributed by atoms with Crippen molar-refractivity contribution in [2.45, 2.75) is 59.0 Å². The van der Waals surface area contributed by atoms with E-state index in [1.165, 1.54) is 0 Å². The minimum atomic E-state index is -0.595. The zero-order chi connectivity index (χ0) is 18.2. The summed E-state index contributed by atoms with van der Waals surface area (Å²) in [5.41, 5.74) is -0.588. The van der Waals surface area contributed by atoms with E-state index in [9.17, 15) is 14.4 Å². The van der Waals surface area contributed by atoms with Crippen LogP contribution in [0.1, 0.15) is 53.4 Å². The number of amides is 3. The summed E-state index contributed by atoms with van der Waals surface area (Å²) in [5.74, 6) is 0.0155. The van der Waals surface area contributed by atoms with E-state index in [0.29, 0.717) is 32.6 Å². The molecule has 0 aromatic carbocycles. The minimum Gasteiger partial charge on any atom is -0.444 e. The lowest BCUT2D eigenvalue weighted by Crippen LogP contribution is -2.43. The molecule has 7 nitrogen and oxygen atoms in total. The monoisotopic (exact) mass is 341 g/mol. The smallest absolute Gasteiger partial charge is 0.408 e. The first kappa shape index (κ1) is 20.3. The van der Waals surface area contributed by atoms with E-state index in [0.717, 1.165) is 19.3 Å². The average Bonchev–Trinajstić information content (AvgIpc) is 2.74. The van der Waals surface area contributed by atoms with Crippen molar-refractivity contribution in [3.8, 4) is 0 Å². The number of hydrogen-bond acceptors (Lipinski definition) is 4. The van der Waals surface area contributed by atoms with Crippen molar-refractivity contribution in [2.24, 2.45) is 0 Å². The van der Waals surface area contributed by atoms with Crippen molar-refractivity contribution in [2.75, 3.05) is 32.7 Å². The Morgan fingerprint density at radius 1 is 1.00 bits per heavy atom. The Balaban J connectivity index is 2.39. The highest BCUT2D eigenvalue weighted by Crippen LogP contribution is 2.08. The Kier molecular flexibility index (Phi) is 8.01. The molecule has 1 fully saturated rings. The zero-order valence-electron chi connectivity index (χ0n) is 15.4. The van der Waals surface area contributed by atoms with Gasteiger partial charge in [0.15, 0.2) is 0 Å². The molecule has 0 radical (unpaired) electrons. The molecule has 3 amide bonds. The summed E-state index contributed by atoms with van der Waals surface area (Å²) < 4.78 is 5.11. The number of rotatable bonds is 5. The molecule has 7 heteroatoms. The molecule has 1 aliphatic rings. The number of alkyl carbamates (subject to hydrolysis) is 1. The van der Waals surface area contributed by atoms with E-state index in [-0.39, 0.29) is 18.4 Å². The second-order valence-corrected chi connectivity index (χ2v) is 7.07. The molecule has 1 aliphatic heterocycles. The van der Waals surface area contributed by atoms with Gasteiger partial charge in [-0.3, -0.25) is 9.59 Å². The molecule has 0 aliphatic carbocycles. The Hall–Kier alpha value is -1.79. The molecule has 138 valence electrons. The Morgan fingerprint density at radius 3 is 2.12 bits per heavy atom. The number of nitrogens with one attached hydrogen (secondary N) is 1. The van der Waals surface area contributed by atoms with Crippen LogP contribution in [0.4, 0.5) is 4.79 Å². The normalized spacial score (nSPS) is 15.7. The van der Waals surface area contributed by atoms with Crippen LogP contribution in [0.2, 0.25) is 0 Å². The van der Waals surface area contributed by atoms with Gasteiger partial charge in [0, 0.05) is 32.6 Å². The summed E-state index contributed by atoms with van der Waals surface area (Å²) in [5, 5.41) is 2.49. The fraction of sp³-hybridized carbons (Fsp3) is 0.824. The van der Waals surface area contributed by atoms with Crippen molar-refractivity contribution in [3.63, 3.8) is 0 Å². The van der Waals surface area contributed by atoms with Gasteiger partial charge in [0.1, 0.15) is 12.1 Å². The number of unbranched alkanes of at least 4 members (excludes halogenated alkanes) is 1. The predicted molar refractivity (Wildman–Crippen MR) is 91.5 cm³/mol. The number of carbonyl (C=O) groups is 3. The van der Waals surface area contributed by atoms with Crippen LogP contribution in [-0.2, 0) is 14.3 Å². The average molecular weight is 341 g/mol. The van der Waals surface area contributed by atoms with Crippen molar-refractivity contribution < 1.29 is 19.1 Å². The second-order valence-electron chi connectivity index (χ2n) is 7.07. The third-order valence-electron chi connectivity index (χ3n) is 3.73. The van der Waals surface area contributed by atoms with Gasteiger partial charge in [-0.15, -0.1) is 0 Å². The SMILES string of the molecule is CCCCC(=O)N1CCCN(C(=O)CNC(=O)OC(C)(C)C)CC1. The fourth-order valence-corrected chi connectivity index (χ4v) is 2.48. The molecular weight excluding hydrogens is 310 g/mol. The van der Waals surface area contributed by atoms with Crippen molar-refractivity contribution in [1.29, 1.82) is 0 Å². The Labute approximate surface area is 144 Å². The number of carbonyl (C=O) groups excluding carboxylic acids is 3. The number of nitrogens with zero attached hydrogens (tertiary/aromatic N) is 2. The first-order valence-electron chi connectivity index (χ1n) is 8.75. The van der Waals surface area contributed by atoms with Crippen LogP contribution in [0.25, 0.3) is 0 Å². The molecule has 24 heavy (non-hydrogen) atoms. The van der Waals surface area contributed by atoms with Crippen LogP contribution < -0.4 is 5.32 Å². The molecule has 1 heterocycles. The molecule has 0 bridgehead atoms. The minimum absolute atomic E-state index is 0.0846. The lowest BCUT2D eigenvalue weighted by atomic mass is 10.2. The Bertz CT molecular complexity index is 446. The van der Waals surface area contributed by atoms with Gasteiger partial charge in [0.25, 0.3) is 0 Å². The first-order chi connectivity index (χ1) is 11.2. The molecular formula is C17H31N3O4. The van der Waals surface area contributed by atoms with Gasteiger partial charge in [0.05, 0.1) is 0 Å². The lowest BCUT2D eigenvalue weighted by Gasteiger charge is -2.23. The van der Waals surface area contributed by atoms with Gasteiger partial charge in [-0.1, -0.05) is 13.3 Å². The maximum atomic E-state index is 12.2. The highest BCUT2D eigenvalue weighted by atomic mass is 16.6. The first-order valence-corrected chi connectivity index (χ1v) is 8.75. The fourth-order valence-electron chi connectivity index (χ4n) is 2.48. The lowest BCUT2D eigenvalue weighted by molar-refractivity contribution is -0.133. The number of ether oxygens (including phenoxy) is 1. The van der Waals surface area contributed by atoms with Crippen LogP contribution in [-0.4, -0.2) is 66.0 Å². The van der Waals surface area contributed by atoms with Crippen molar-refractivity contribution in [3.05, 3.63) is 0 Å². The number of hydrogen-bond donors (Lipinski definition) is 1. The molecule has 0 saturated carbocycles. The molecule has 1 saturated heterocycles. The maximum absolute atomic E-state index is 12.2. The quantitative estimate of drug-likeness (QED) is 0.826. The summed E-state index contributed by atoms with van der Waals surface area (Å²) in [6.45, 7) is 9.64. The van der Waals surface area contributed by atoms with Gasteiger partial charge in [0.2, 0.25) is 11.8 Å². The largest absolute Gasteiger partial charge is 0.444 e. The topological polar surface area (TPSA) is 79.0 Å². The summed E-state index contributed by atoms with van der Waals surface area (Å²) in [7, 11) is 0. The van der Waals surface area contributed by atoms with Crippen LogP contribution in [0.3, 0.4) is 0 Å². The van der Waals surface area contributed by atoms with E-state index >= 15 is 0 Å². The van der Waals surface area contributed by atoms with Crippen LogP contribution in [0, 0.1) is 0 Å². The Morgan fingerprint density at radius 2 is 1.58 bits per heavy atom. The third-order valence-corrected chi connectivity index (χ3v) is 3.73. The van der Waals surface area contributed by atoms with Gasteiger partial charge >= 0.3 is 6.09 Å². The van der Waals surface area contributed by atoms with Gasteiger partial charge in [-0.25, -0.2) is 4.79 Å². The highest BCUT2D eigenvalue weighted by molar-refractivity contribution is 5.82. The second kappa shape index (κ2) is 9.49. The summed E-state index contributed by atoms with van der Waals surface area (Å²) in [6.07, 6.45) is 2.64. The van der Waals surface area contributed by atoms with Crippen molar-refractivity contribution in [1.82, 2.24) is 15.1 Å². The van der Waals surface area contributed by atoms with Gasteiger partial charge in [-0.2, -0.15) is 0 Å². The van der Waals surface area contributed by atoms with Crippen molar-refractivity contribution >= 4 is 17.9 Å². The zero-order valence-corrected chi connectivity index (χ0v) is 15.4. The highest BCUT2D eigenvalue weighted by Gasteiger charge is 2.22. The van der Waals surface area contributed by atoms with Crippen LogP contribution >= 0.6 is 0 Å². The molecule has 0 spiro atoms. The molecule has 1 rings (SSSR count). The molecule has 0 aromatic heterocycles. The van der Waals surface area contributed by atoms with Crippen LogP contribution in [0.5, 0.6) is 0 Å². The summed E-state index contributed by atoms with van der Waals surface area (Å²) in [6, 6.07) is 0. The maximum Gasteiger partial charge on any atom is 0.408 e. The molecule has 0 aromatic rings. The molecule has 1 N–H and O–H groups in total. The summed E-state index contributed by atoms with van der Waals surface area (Å²) >= 11 is 0. The molecule has 0 unspecified atom stereocenters. The van der Waals surface area contributed by atoms with E-state index in [1.54, 1.807) is 25.7 Å². The van der Waals surface area contributed by atoms with E-state index in [2.05, 4.69) is 12.2 Å². The predicted octanol–water partition coefficient (Wildman–Crippen LogP) is 1.76. The molecule has 0 atom stereocenters. The third kappa shape index (κ3) is 7.66. The van der Waals surface area contributed by atoms with E-state index in [1.807, 2.05) is 4.90 Å². The van der Waals surface area contributed by atoms with E-state index < -0.39 is 11.7 Å². The van der Waals surface area contributed by atoms with Crippen LogP contribution in [0.15, 0.2) is 0 Å². The van der Waals surface area contributed by atoms with Gasteiger partial charge < -0.3 is 19.9 Å². The van der Waals surface area contributed by atoms with E-state index in [4.69, 9.17) is 4.74 Å².